The van der Waals surface area contributed by atoms with E-state index in [1.165, 1.54) is 50.8 Å². The van der Waals surface area contributed by atoms with Gasteiger partial charge in [-0.3, -0.25) is 14.6 Å². The van der Waals surface area contributed by atoms with Crippen molar-refractivity contribution < 1.29 is 37.0 Å². The standard InChI is InChI=1S/C24H20F4N2O4/c1-30(20-13-29-8-7-18(20)19-5-4-17(25)12-21(19)34-2)23(33)15-9-14(3-6-22(31)32)10-16(11-15)24(26,27)28/h4-5,7-13H,3,6H2,1-2H3,(H,31,32). The van der Waals surface area contributed by atoms with Gasteiger partial charge in [-0.1, -0.05) is 0 Å². The van der Waals surface area contributed by atoms with Crippen molar-refractivity contribution in [2.45, 2.75) is 19.0 Å². The molecule has 34 heavy (non-hydrogen) atoms. The van der Waals surface area contributed by atoms with Gasteiger partial charge in [-0.2, -0.15) is 13.2 Å². The van der Waals surface area contributed by atoms with E-state index in [1.54, 1.807) is 6.07 Å². The summed E-state index contributed by atoms with van der Waals surface area (Å²) in [6.07, 6.45) is -2.48. The van der Waals surface area contributed by atoms with E-state index in [2.05, 4.69) is 4.98 Å². The highest BCUT2D eigenvalue weighted by Crippen LogP contribution is 2.37. The lowest BCUT2D eigenvalue weighted by molar-refractivity contribution is -0.137. The van der Waals surface area contributed by atoms with Crippen molar-refractivity contribution in [1.29, 1.82) is 0 Å². The van der Waals surface area contributed by atoms with Crippen molar-refractivity contribution in [3.05, 3.63) is 77.4 Å². The van der Waals surface area contributed by atoms with Crippen LogP contribution in [0.3, 0.4) is 0 Å². The van der Waals surface area contributed by atoms with Crippen LogP contribution in [0.5, 0.6) is 5.75 Å². The quantitative estimate of drug-likeness (QED) is 0.474. The van der Waals surface area contributed by atoms with E-state index in [-0.39, 0.29) is 35.4 Å². The van der Waals surface area contributed by atoms with Gasteiger partial charge >= 0.3 is 12.1 Å². The van der Waals surface area contributed by atoms with Crippen molar-refractivity contribution in [2.75, 3.05) is 19.1 Å². The number of carbonyl (C=O) groups is 2. The number of ether oxygens (including phenoxy) is 1. The van der Waals surface area contributed by atoms with Crippen molar-refractivity contribution >= 4 is 17.6 Å². The smallest absolute Gasteiger partial charge is 0.416 e. The number of halogens is 4. The molecule has 0 aliphatic rings. The maximum absolute atomic E-state index is 13.7. The average Bonchev–Trinajstić information content (AvgIpc) is 2.81. The maximum atomic E-state index is 13.7. The first-order valence-electron chi connectivity index (χ1n) is 10.00. The van der Waals surface area contributed by atoms with Gasteiger partial charge in [-0.05, 0) is 48.4 Å². The number of hydrogen-bond donors (Lipinski definition) is 1. The number of amides is 1. The summed E-state index contributed by atoms with van der Waals surface area (Å²) in [7, 11) is 2.73. The molecule has 0 saturated carbocycles. The van der Waals surface area contributed by atoms with Gasteiger partial charge in [-0.15, -0.1) is 0 Å². The molecule has 2 aromatic carbocycles. The average molecular weight is 476 g/mol. The predicted octanol–water partition coefficient (Wildman–Crippen LogP) is 5.21. The second kappa shape index (κ2) is 9.90. The van der Waals surface area contributed by atoms with Crippen LogP contribution in [-0.4, -0.2) is 36.1 Å². The van der Waals surface area contributed by atoms with E-state index in [1.807, 2.05) is 0 Å². The van der Waals surface area contributed by atoms with E-state index >= 15 is 0 Å². The first-order valence-corrected chi connectivity index (χ1v) is 10.00. The first-order chi connectivity index (χ1) is 16.0. The minimum absolute atomic E-state index is 0.0700. The lowest BCUT2D eigenvalue weighted by atomic mass is 10.00. The van der Waals surface area contributed by atoms with Crippen LogP contribution in [0.25, 0.3) is 11.1 Å². The van der Waals surface area contributed by atoms with Gasteiger partial charge in [0.15, 0.2) is 0 Å². The fraction of sp³-hybridized carbons (Fsp3) is 0.208. The Balaban J connectivity index is 2.06. The van der Waals surface area contributed by atoms with E-state index in [0.29, 0.717) is 11.1 Å². The van der Waals surface area contributed by atoms with Crippen molar-refractivity contribution in [1.82, 2.24) is 4.98 Å². The maximum Gasteiger partial charge on any atom is 0.416 e. The number of hydrogen-bond acceptors (Lipinski definition) is 4. The zero-order valence-corrected chi connectivity index (χ0v) is 18.2. The van der Waals surface area contributed by atoms with Gasteiger partial charge in [0.05, 0.1) is 24.6 Å². The summed E-state index contributed by atoms with van der Waals surface area (Å²) in [5.74, 6) is -2.27. The molecule has 1 aromatic heterocycles. The molecule has 10 heteroatoms. The number of benzene rings is 2. The topological polar surface area (TPSA) is 79.7 Å². The monoisotopic (exact) mass is 476 g/mol. The molecule has 6 nitrogen and oxygen atoms in total. The molecular formula is C24H20F4N2O4. The molecule has 0 fully saturated rings. The SMILES string of the molecule is COc1cc(F)ccc1-c1ccncc1N(C)C(=O)c1cc(CCC(=O)O)cc(C(F)(F)F)c1. The van der Waals surface area contributed by atoms with Crippen LogP contribution in [0, 0.1) is 5.82 Å². The van der Waals surface area contributed by atoms with Crippen LogP contribution in [0.2, 0.25) is 0 Å². The number of nitrogens with zero attached hydrogens (tertiary/aromatic N) is 2. The third-order valence-electron chi connectivity index (χ3n) is 5.11. The van der Waals surface area contributed by atoms with E-state index < -0.39 is 29.4 Å². The third kappa shape index (κ3) is 5.51. The summed E-state index contributed by atoms with van der Waals surface area (Å²) in [5.41, 5.74) is -0.104. The minimum Gasteiger partial charge on any atom is -0.496 e. The number of anilines is 1. The van der Waals surface area contributed by atoms with Gasteiger partial charge in [0.2, 0.25) is 0 Å². The van der Waals surface area contributed by atoms with E-state index in [4.69, 9.17) is 9.84 Å². The van der Waals surface area contributed by atoms with E-state index in [9.17, 15) is 27.2 Å². The molecule has 0 aliphatic carbocycles. The number of alkyl halides is 3. The molecule has 3 rings (SSSR count). The van der Waals surface area contributed by atoms with E-state index in [0.717, 1.165) is 17.0 Å². The number of rotatable bonds is 7. The first kappa shape index (κ1) is 24.7. The van der Waals surface area contributed by atoms with Gasteiger partial charge in [0.25, 0.3) is 5.91 Å². The number of carboxylic acid groups (broad SMARTS) is 1. The molecule has 1 amide bonds. The molecule has 3 aromatic rings. The Labute approximate surface area is 192 Å². The molecule has 0 atom stereocenters. The molecule has 0 spiro atoms. The minimum atomic E-state index is -4.73. The highest BCUT2D eigenvalue weighted by Gasteiger charge is 2.32. The molecule has 0 radical (unpaired) electrons. The van der Waals surface area contributed by atoms with Crippen LogP contribution in [-0.2, 0) is 17.4 Å². The fourth-order valence-electron chi connectivity index (χ4n) is 3.45. The number of carbonyl (C=O) groups excluding carboxylic acids is 1. The Bertz CT molecular complexity index is 1230. The zero-order valence-electron chi connectivity index (χ0n) is 18.2. The highest BCUT2D eigenvalue weighted by molar-refractivity contribution is 6.08. The Kier molecular flexibility index (Phi) is 7.19. The Hall–Kier alpha value is -3.95. The van der Waals surface area contributed by atoms with Gasteiger partial charge in [-0.25, -0.2) is 4.39 Å². The summed E-state index contributed by atoms with van der Waals surface area (Å²) in [4.78, 5) is 29.2. The second-order valence-electron chi connectivity index (χ2n) is 7.41. The van der Waals surface area contributed by atoms with Crippen molar-refractivity contribution in [3.63, 3.8) is 0 Å². The number of aliphatic carboxylic acids is 1. The number of aromatic nitrogens is 1. The summed E-state index contributed by atoms with van der Waals surface area (Å²) in [5, 5.41) is 8.88. The lowest BCUT2D eigenvalue weighted by Crippen LogP contribution is -2.27. The van der Waals surface area contributed by atoms with Crippen LogP contribution in [0.15, 0.2) is 54.9 Å². The Morgan fingerprint density at radius 1 is 1.09 bits per heavy atom. The lowest BCUT2D eigenvalue weighted by Gasteiger charge is -2.22. The van der Waals surface area contributed by atoms with Gasteiger partial charge < -0.3 is 14.7 Å². The number of pyridine rings is 1. The van der Waals surface area contributed by atoms with Crippen LogP contribution >= 0.6 is 0 Å². The summed E-state index contributed by atoms with van der Waals surface area (Å²) >= 11 is 0. The number of carboxylic acids is 1. The molecule has 0 aliphatic heterocycles. The number of methoxy groups -OCH3 is 1. The summed E-state index contributed by atoms with van der Waals surface area (Å²) in [6, 6.07) is 8.20. The second-order valence-corrected chi connectivity index (χ2v) is 7.41. The van der Waals surface area contributed by atoms with Crippen molar-refractivity contribution in [2.24, 2.45) is 0 Å². The molecule has 0 bridgehead atoms. The molecule has 1 N–H and O–H groups in total. The normalized spacial score (nSPS) is 11.2. The van der Waals surface area contributed by atoms with Crippen molar-refractivity contribution in [3.8, 4) is 16.9 Å². The van der Waals surface area contributed by atoms with Crippen LogP contribution in [0.4, 0.5) is 23.2 Å². The van der Waals surface area contributed by atoms with Gasteiger partial charge in [0.1, 0.15) is 11.6 Å². The molecule has 1 heterocycles. The predicted molar refractivity (Wildman–Crippen MR) is 116 cm³/mol. The van der Waals surface area contributed by atoms with Crippen LogP contribution in [0.1, 0.15) is 27.9 Å². The third-order valence-corrected chi connectivity index (χ3v) is 5.11. The number of aryl methyl sites for hydroxylation is 1. The highest BCUT2D eigenvalue weighted by atomic mass is 19.4. The Morgan fingerprint density at radius 2 is 1.82 bits per heavy atom. The zero-order chi connectivity index (χ0) is 25.0. The molecule has 178 valence electrons. The molecular weight excluding hydrogens is 456 g/mol. The molecule has 0 unspecified atom stereocenters. The van der Waals surface area contributed by atoms with Gasteiger partial charge in [0, 0.05) is 42.4 Å². The summed E-state index contributed by atoms with van der Waals surface area (Å²) in [6.45, 7) is 0. The summed E-state index contributed by atoms with van der Waals surface area (Å²) < 4.78 is 59.2. The largest absolute Gasteiger partial charge is 0.496 e. The fourth-order valence-corrected chi connectivity index (χ4v) is 3.45. The Morgan fingerprint density at radius 3 is 2.47 bits per heavy atom. The van der Waals surface area contributed by atoms with Crippen LogP contribution < -0.4 is 9.64 Å². The molecule has 0 saturated heterocycles.